The quantitative estimate of drug-likeness (QED) is 0.825. The van der Waals surface area contributed by atoms with Crippen LogP contribution >= 0.6 is 11.6 Å². The van der Waals surface area contributed by atoms with Crippen molar-refractivity contribution in [3.8, 4) is 5.75 Å². The third-order valence-corrected chi connectivity index (χ3v) is 5.37. The molecule has 1 saturated heterocycles. The average molecular weight is 380 g/mol. The minimum Gasteiger partial charge on any atom is -0.481 e. The van der Waals surface area contributed by atoms with Crippen molar-refractivity contribution < 1.29 is 14.3 Å². The number of anilines is 1. The van der Waals surface area contributed by atoms with Crippen LogP contribution in [0.1, 0.15) is 43.0 Å². The molecule has 0 saturated carbocycles. The average Bonchev–Trinajstić information content (AvgIpc) is 3.08. The lowest BCUT2D eigenvalue weighted by Crippen LogP contribution is -2.41. The molecule has 2 amide bonds. The monoisotopic (exact) mass is 379 g/mol. The molecule has 2 aliphatic heterocycles. The highest BCUT2D eigenvalue weighted by molar-refractivity contribution is 6.31. The number of benzene rings is 1. The number of unbranched alkanes of at least 4 members (excludes halogenated alkanes) is 1. The van der Waals surface area contributed by atoms with Gasteiger partial charge in [-0.25, -0.2) is 0 Å². The Labute approximate surface area is 159 Å². The predicted octanol–water partition coefficient (Wildman–Crippen LogP) is 2.69. The fraction of sp³-hybridized carbons (Fsp3) is 0.579. The zero-order valence-electron chi connectivity index (χ0n) is 15.4. The minimum absolute atomic E-state index is 0.0706. The number of nitrogens with one attached hydrogen (secondary N) is 1. The second-order valence-electron chi connectivity index (χ2n) is 6.94. The number of nitrogens with zero attached hydrogens (tertiary/aromatic N) is 2. The second kappa shape index (κ2) is 8.27. The van der Waals surface area contributed by atoms with E-state index in [-0.39, 0.29) is 18.4 Å². The molecule has 0 radical (unpaired) electrons. The van der Waals surface area contributed by atoms with Gasteiger partial charge in [0.1, 0.15) is 0 Å². The summed E-state index contributed by atoms with van der Waals surface area (Å²) in [5.41, 5.74) is 0.911. The normalized spacial score (nSPS) is 20.0. The van der Waals surface area contributed by atoms with Crippen molar-refractivity contribution in [2.75, 3.05) is 38.2 Å². The minimum atomic E-state index is -0.214. The third-order valence-electron chi connectivity index (χ3n) is 5.15. The van der Waals surface area contributed by atoms with E-state index in [1.54, 1.807) is 19.2 Å². The number of ether oxygens (including phenoxy) is 1. The summed E-state index contributed by atoms with van der Waals surface area (Å²) < 4.78 is 5.54. The summed E-state index contributed by atoms with van der Waals surface area (Å²) in [5.74, 6) is 0.0424. The molecule has 0 spiro atoms. The van der Waals surface area contributed by atoms with Gasteiger partial charge in [0.05, 0.1) is 11.3 Å². The SMILES string of the molecule is CCCCN1CCC[C@H]1CNC(=O)c1cc(Cl)cc2c1OCC(=O)N2C. The largest absolute Gasteiger partial charge is 0.481 e. The molecule has 1 N–H and O–H groups in total. The number of rotatable bonds is 6. The van der Waals surface area contributed by atoms with Crippen LogP contribution in [0.2, 0.25) is 5.02 Å². The molecular formula is C19H26ClN3O3. The Bertz CT molecular complexity index is 695. The van der Waals surface area contributed by atoms with Crippen molar-refractivity contribution in [3.05, 3.63) is 22.7 Å². The van der Waals surface area contributed by atoms with E-state index in [0.717, 1.165) is 19.5 Å². The highest BCUT2D eigenvalue weighted by atomic mass is 35.5. The molecule has 0 aromatic heterocycles. The summed E-state index contributed by atoms with van der Waals surface area (Å²) in [7, 11) is 1.66. The zero-order valence-corrected chi connectivity index (χ0v) is 16.1. The first kappa shape index (κ1) is 19.0. The van der Waals surface area contributed by atoms with E-state index < -0.39 is 0 Å². The van der Waals surface area contributed by atoms with Crippen LogP contribution in [0.5, 0.6) is 5.75 Å². The molecule has 1 fully saturated rings. The Morgan fingerprint density at radius 2 is 2.23 bits per heavy atom. The summed E-state index contributed by atoms with van der Waals surface area (Å²) in [6.07, 6.45) is 4.63. The number of hydrogen-bond donors (Lipinski definition) is 1. The number of hydrogen-bond acceptors (Lipinski definition) is 4. The number of carbonyl (C=O) groups is 2. The van der Waals surface area contributed by atoms with Crippen LogP contribution < -0.4 is 15.0 Å². The van der Waals surface area contributed by atoms with Gasteiger partial charge in [0.25, 0.3) is 11.8 Å². The van der Waals surface area contributed by atoms with Gasteiger partial charge in [-0.1, -0.05) is 24.9 Å². The predicted molar refractivity (Wildman–Crippen MR) is 102 cm³/mol. The van der Waals surface area contributed by atoms with Crippen molar-refractivity contribution in [1.29, 1.82) is 0 Å². The van der Waals surface area contributed by atoms with Crippen molar-refractivity contribution in [2.24, 2.45) is 0 Å². The first-order valence-electron chi connectivity index (χ1n) is 9.26. The van der Waals surface area contributed by atoms with Crippen molar-refractivity contribution in [3.63, 3.8) is 0 Å². The Kier molecular flexibility index (Phi) is 6.04. The maximum absolute atomic E-state index is 12.8. The van der Waals surface area contributed by atoms with Crippen LogP contribution in [0.3, 0.4) is 0 Å². The summed E-state index contributed by atoms with van der Waals surface area (Å²) in [4.78, 5) is 28.5. The highest BCUT2D eigenvalue weighted by Crippen LogP contribution is 2.37. The van der Waals surface area contributed by atoms with Crippen LogP contribution in [0.4, 0.5) is 5.69 Å². The molecule has 142 valence electrons. The van der Waals surface area contributed by atoms with Gasteiger partial charge < -0.3 is 15.0 Å². The molecule has 3 rings (SSSR count). The third kappa shape index (κ3) is 3.96. The lowest BCUT2D eigenvalue weighted by Gasteiger charge is -2.28. The van der Waals surface area contributed by atoms with E-state index in [9.17, 15) is 9.59 Å². The summed E-state index contributed by atoms with van der Waals surface area (Å²) in [6.45, 7) is 4.91. The van der Waals surface area contributed by atoms with E-state index in [1.165, 1.54) is 24.2 Å². The van der Waals surface area contributed by atoms with Crippen LogP contribution in [0, 0.1) is 0 Å². The van der Waals surface area contributed by atoms with Crippen molar-refractivity contribution in [1.82, 2.24) is 10.2 Å². The topological polar surface area (TPSA) is 61.9 Å². The molecule has 0 aliphatic carbocycles. The molecular weight excluding hydrogens is 354 g/mol. The fourth-order valence-corrected chi connectivity index (χ4v) is 3.81. The Morgan fingerprint density at radius 3 is 3.00 bits per heavy atom. The first-order valence-corrected chi connectivity index (χ1v) is 9.64. The molecule has 26 heavy (non-hydrogen) atoms. The van der Waals surface area contributed by atoms with Crippen LogP contribution in [0.15, 0.2) is 12.1 Å². The number of fused-ring (bicyclic) bond motifs is 1. The highest BCUT2D eigenvalue weighted by Gasteiger charge is 2.29. The lowest BCUT2D eigenvalue weighted by molar-refractivity contribution is -0.121. The van der Waals surface area contributed by atoms with Crippen LogP contribution in [0.25, 0.3) is 0 Å². The molecule has 0 unspecified atom stereocenters. The maximum atomic E-state index is 12.8. The standard InChI is InChI=1S/C19H26ClN3O3/c1-3-4-7-23-8-5-6-14(23)11-21-19(25)15-9-13(20)10-16-18(15)26-12-17(24)22(16)2/h9-10,14H,3-8,11-12H2,1-2H3,(H,21,25)/t14-/m0/s1. The molecule has 7 heteroatoms. The summed E-state index contributed by atoms with van der Waals surface area (Å²) in [5, 5.41) is 3.43. The van der Waals surface area contributed by atoms with Crippen LogP contribution in [-0.4, -0.2) is 56.0 Å². The smallest absolute Gasteiger partial charge is 0.264 e. The molecule has 2 heterocycles. The molecule has 1 aromatic rings. The van der Waals surface area contributed by atoms with Crippen LogP contribution in [-0.2, 0) is 4.79 Å². The molecule has 0 bridgehead atoms. The number of likely N-dealkylation sites (N-methyl/N-ethyl adjacent to an activating group) is 1. The summed E-state index contributed by atoms with van der Waals surface area (Å²) in [6, 6.07) is 3.63. The van der Waals surface area contributed by atoms with E-state index in [2.05, 4.69) is 17.1 Å². The van der Waals surface area contributed by atoms with Gasteiger partial charge >= 0.3 is 0 Å². The zero-order chi connectivity index (χ0) is 18.7. The van der Waals surface area contributed by atoms with Gasteiger partial charge in [0, 0.05) is 24.7 Å². The van der Waals surface area contributed by atoms with E-state index >= 15 is 0 Å². The first-order chi connectivity index (χ1) is 12.5. The molecule has 2 aliphatic rings. The van der Waals surface area contributed by atoms with Gasteiger partial charge in [-0.2, -0.15) is 0 Å². The Morgan fingerprint density at radius 1 is 1.42 bits per heavy atom. The lowest BCUT2D eigenvalue weighted by atomic mass is 10.1. The molecule has 6 nitrogen and oxygen atoms in total. The Hall–Kier alpha value is -1.79. The van der Waals surface area contributed by atoms with Gasteiger partial charge in [-0.05, 0) is 44.5 Å². The van der Waals surface area contributed by atoms with E-state index in [0.29, 0.717) is 34.6 Å². The molecule has 1 aromatic carbocycles. The van der Waals surface area contributed by atoms with E-state index in [1.807, 2.05) is 0 Å². The van der Waals surface area contributed by atoms with Gasteiger partial charge in [0.15, 0.2) is 12.4 Å². The van der Waals surface area contributed by atoms with E-state index in [4.69, 9.17) is 16.3 Å². The second-order valence-corrected chi connectivity index (χ2v) is 7.38. The maximum Gasteiger partial charge on any atom is 0.264 e. The Balaban J connectivity index is 1.70. The number of amides is 2. The number of halogens is 1. The fourth-order valence-electron chi connectivity index (χ4n) is 3.60. The van der Waals surface area contributed by atoms with Crippen molar-refractivity contribution in [2.45, 2.75) is 38.6 Å². The number of likely N-dealkylation sites (tertiary alicyclic amines) is 1. The van der Waals surface area contributed by atoms with Gasteiger partial charge in [-0.15, -0.1) is 0 Å². The summed E-state index contributed by atoms with van der Waals surface area (Å²) >= 11 is 6.16. The van der Waals surface area contributed by atoms with Gasteiger partial charge in [-0.3, -0.25) is 14.5 Å². The number of carbonyl (C=O) groups excluding carboxylic acids is 2. The van der Waals surface area contributed by atoms with Gasteiger partial charge in [0.2, 0.25) is 0 Å². The van der Waals surface area contributed by atoms with Crippen molar-refractivity contribution >= 4 is 29.1 Å². The molecule has 1 atom stereocenters.